The van der Waals surface area contributed by atoms with Crippen LogP contribution >= 0.6 is 0 Å². The van der Waals surface area contributed by atoms with Crippen molar-refractivity contribution in [1.82, 2.24) is 10.0 Å². The molecule has 86 valence electrons. The van der Waals surface area contributed by atoms with Gasteiger partial charge in [-0.3, -0.25) is 0 Å². The average molecular weight is 216 g/mol. The summed E-state index contributed by atoms with van der Waals surface area (Å²) in [7, 11) is 0. The number of hydrogen-bond acceptors (Lipinski definition) is 4. The topological polar surface area (TPSA) is 59.1 Å². The molecule has 0 aromatic rings. The van der Waals surface area contributed by atoms with Crippen molar-refractivity contribution in [2.45, 2.75) is 26.8 Å². The minimum atomic E-state index is -0.511. The van der Waals surface area contributed by atoms with Crippen molar-refractivity contribution < 1.29 is 19.1 Å². The predicted octanol–water partition coefficient (Wildman–Crippen LogP) is 1.22. The largest absolute Gasteiger partial charge is 0.448 e. The Kier molecular flexibility index (Phi) is 3.76. The molecule has 1 atom stereocenters. The number of amides is 2. The van der Waals surface area contributed by atoms with Gasteiger partial charge in [0, 0.05) is 0 Å². The van der Waals surface area contributed by atoms with Crippen LogP contribution in [0.5, 0.6) is 0 Å². The number of rotatable bonds is 2. The van der Waals surface area contributed by atoms with E-state index >= 15 is 0 Å². The van der Waals surface area contributed by atoms with Gasteiger partial charge in [-0.15, -0.1) is 0 Å². The molecule has 0 aliphatic carbocycles. The molecular weight excluding hydrogens is 200 g/mol. The van der Waals surface area contributed by atoms with Crippen LogP contribution in [-0.4, -0.2) is 48.0 Å². The van der Waals surface area contributed by atoms with Crippen molar-refractivity contribution in [2.75, 3.05) is 19.8 Å². The third kappa shape index (κ3) is 2.31. The molecule has 1 heterocycles. The van der Waals surface area contributed by atoms with Gasteiger partial charge in [0.25, 0.3) is 0 Å². The third-order valence-corrected chi connectivity index (χ3v) is 2.05. The number of hydrogen-bond donors (Lipinski definition) is 0. The highest BCUT2D eigenvalue weighted by molar-refractivity contribution is 5.76. The van der Waals surface area contributed by atoms with Gasteiger partial charge >= 0.3 is 12.2 Å². The Morgan fingerprint density at radius 1 is 1.20 bits per heavy atom. The maximum atomic E-state index is 11.4. The first kappa shape index (κ1) is 11.6. The second-order valence-electron chi connectivity index (χ2n) is 3.17. The molecule has 15 heavy (non-hydrogen) atoms. The summed E-state index contributed by atoms with van der Waals surface area (Å²) in [4.78, 5) is 22.8. The zero-order valence-electron chi connectivity index (χ0n) is 9.23. The summed E-state index contributed by atoms with van der Waals surface area (Å²) in [5.41, 5.74) is 0. The van der Waals surface area contributed by atoms with Crippen LogP contribution in [0.25, 0.3) is 0 Å². The molecule has 1 aliphatic heterocycles. The van der Waals surface area contributed by atoms with Gasteiger partial charge in [0.05, 0.1) is 25.8 Å². The lowest BCUT2D eigenvalue weighted by atomic mass is 10.2. The Morgan fingerprint density at radius 3 is 2.20 bits per heavy atom. The van der Waals surface area contributed by atoms with Crippen molar-refractivity contribution in [1.29, 1.82) is 0 Å². The maximum absolute atomic E-state index is 11.4. The zero-order chi connectivity index (χ0) is 11.4. The minimum Gasteiger partial charge on any atom is -0.448 e. The first-order valence-corrected chi connectivity index (χ1v) is 5.02. The molecule has 6 heteroatoms. The van der Waals surface area contributed by atoms with Crippen molar-refractivity contribution in [3.8, 4) is 0 Å². The number of nitrogens with zero attached hydrogens (tertiary/aromatic N) is 2. The first-order valence-electron chi connectivity index (χ1n) is 5.02. The maximum Gasteiger partial charge on any atom is 0.429 e. The van der Waals surface area contributed by atoms with Crippen LogP contribution in [0.1, 0.15) is 20.8 Å². The summed E-state index contributed by atoms with van der Waals surface area (Å²) < 4.78 is 9.60. The summed E-state index contributed by atoms with van der Waals surface area (Å²) in [6.45, 7) is 6.34. The number of hydrazine groups is 1. The second-order valence-corrected chi connectivity index (χ2v) is 3.17. The van der Waals surface area contributed by atoms with Gasteiger partial charge in [-0.1, -0.05) is 0 Å². The standard InChI is InChI=1S/C9H16N2O4/c1-4-14-8(12)10-6-7(3)11(10)9(13)15-5-2/h7H,4-6H2,1-3H3/t7-/m1/s1. The summed E-state index contributed by atoms with van der Waals surface area (Å²) in [6, 6.07) is -0.0199. The summed E-state index contributed by atoms with van der Waals surface area (Å²) in [5, 5.41) is 2.51. The lowest BCUT2D eigenvalue weighted by molar-refractivity contribution is -0.113. The Balaban J connectivity index is 2.54. The van der Waals surface area contributed by atoms with E-state index in [-0.39, 0.29) is 6.04 Å². The van der Waals surface area contributed by atoms with E-state index in [1.165, 1.54) is 10.0 Å². The van der Waals surface area contributed by atoms with Crippen molar-refractivity contribution in [3.63, 3.8) is 0 Å². The lowest BCUT2D eigenvalue weighted by Gasteiger charge is -2.46. The molecule has 0 radical (unpaired) electrons. The van der Waals surface area contributed by atoms with Gasteiger partial charge in [-0.05, 0) is 20.8 Å². The van der Waals surface area contributed by atoms with E-state index in [0.717, 1.165) is 0 Å². The normalized spacial score (nSPS) is 19.5. The van der Waals surface area contributed by atoms with Gasteiger partial charge < -0.3 is 9.47 Å². The van der Waals surface area contributed by atoms with E-state index < -0.39 is 12.2 Å². The van der Waals surface area contributed by atoms with E-state index in [2.05, 4.69) is 0 Å². The fraction of sp³-hybridized carbons (Fsp3) is 0.778. The molecule has 1 aliphatic rings. The van der Waals surface area contributed by atoms with Gasteiger partial charge in [0.2, 0.25) is 0 Å². The third-order valence-electron chi connectivity index (χ3n) is 2.05. The molecule has 0 unspecified atom stereocenters. The Morgan fingerprint density at radius 2 is 1.73 bits per heavy atom. The summed E-state index contributed by atoms with van der Waals surface area (Å²) >= 11 is 0. The average Bonchev–Trinajstić information content (AvgIpc) is 2.14. The lowest BCUT2D eigenvalue weighted by Crippen LogP contribution is -2.67. The molecular formula is C9H16N2O4. The van der Waals surface area contributed by atoms with Gasteiger partial charge in [-0.25, -0.2) is 19.6 Å². The van der Waals surface area contributed by atoms with Crippen LogP contribution in [0, 0.1) is 0 Å². The van der Waals surface area contributed by atoms with E-state index in [4.69, 9.17) is 9.47 Å². The highest BCUT2D eigenvalue weighted by Crippen LogP contribution is 2.20. The first-order chi connectivity index (χ1) is 7.11. The molecule has 6 nitrogen and oxygen atoms in total. The highest BCUT2D eigenvalue weighted by Gasteiger charge is 2.42. The molecule has 1 saturated heterocycles. The number of carbonyl (C=O) groups is 2. The van der Waals surface area contributed by atoms with E-state index in [1.807, 2.05) is 6.92 Å². The van der Waals surface area contributed by atoms with Crippen molar-refractivity contribution in [2.24, 2.45) is 0 Å². The fourth-order valence-corrected chi connectivity index (χ4v) is 1.39. The Labute approximate surface area is 88.7 Å². The van der Waals surface area contributed by atoms with Crippen LogP contribution in [0.2, 0.25) is 0 Å². The zero-order valence-corrected chi connectivity index (χ0v) is 9.23. The number of carbonyl (C=O) groups excluding carboxylic acids is 2. The minimum absolute atomic E-state index is 0.0199. The molecule has 1 fully saturated rings. The quantitative estimate of drug-likeness (QED) is 0.696. The van der Waals surface area contributed by atoms with Crippen LogP contribution in [0.4, 0.5) is 9.59 Å². The molecule has 0 saturated carbocycles. The van der Waals surface area contributed by atoms with E-state index in [1.54, 1.807) is 13.8 Å². The highest BCUT2D eigenvalue weighted by atomic mass is 16.6. The molecule has 1 rings (SSSR count). The van der Waals surface area contributed by atoms with E-state index in [0.29, 0.717) is 19.8 Å². The van der Waals surface area contributed by atoms with Crippen molar-refractivity contribution >= 4 is 12.2 Å². The monoisotopic (exact) mass is 216 g/mol. The van der Waals surface area contributed by atoms with Crippen LogP contribution in [-0.2, 0) is 9.47 Å². The summed E-state index contributed by atoms with van der Waals surface area (Å²) in [6.07, 6.45) is -1.02. The van der Waals surface area contributed by atoms with Crippen LogP contribution < -0.4 is 0 Å². The van der Waals surface area contributed by atoms with Crippen LogP contribution in [0.15, 0.2) is 0 Å². The fourth-order valence-electron chi connectivity index (χ4n) is 1.39. The predicted molar refractivity (Wildman–Crippen MR) is 52.1 cm³/mol. The van der Waals surface area contributed by atoms with Gasteiger partial charge in [0.15, 0.2) is 0 Å². The van der Waals surface area contributed by atoms with E-state index in [9.17, 15) is 9.59 Å². The van der Waals surface area contributed by atoms with Gasteiger partial charge in [0.1, 0.15) is 0 Å². The molecule has 0 aromatic carbocycles. The molecule has 0 aromatic heterocycles. The van der Waals surface area contributed by atoms with Gasteiger partial charge in [-0.2, -0.15) is 0 Å². The Hall–Kier alpha value is -1.46. The molecule has 0 N–H and O–H groups in total. The molecule has 0 spiro atoms. The molecule has 0 bridgehead atoms. The Bertz CT molecular complexity index is 256. The smallest absolute Gasteiger partial charge is 0.429 e. The van der Waals surface area contributed by atoms with Crippen LogP contribution in [0.3, 0.4) is 0 Å². The summed E-state index contributed by atoms with van der Waals surface area (Å²) in [5.74, 6) is 0. The second kappa shape index (κ2) is 4.86. The van der Waals surface area contributed by atoms with Crippen molar-refractivity contribution in [3.05, 3.63) is 0 Å². The molecule has 2 amide bonds. The number of ether oxygens (including phenoxy) is 2. The SMILES string of the molecule is CCOC(=O)N1C[C@@H](C)N1C(=O)OCC.